The Morgan fingerprint density at radius 2 is 2.05 bits per heavy atom. The third-order valence-corrected chi connectivity index (χ3v) is 2.91. The van der Waals surface area contributed by atoms with Gasteiger partial charge in [0.05, 0.1) is 25.3 Å². The molecular weight excluding hydrogens is 264 g/mol. The first-order valence-electron chi connectivity index (χ1n) is 5.97. The van der Waals surface area contributed by atoms with Crippen molar-refractivity contribution in [3.8, 4) is 11.5 Å². The maximum Gasteiger partial charge on any atom is 0.336 e. The van der Waals surface area contributed by atoms with E-state index in [2.05, 4.69) is 0 Å². The summed E-state index contributed by atoms with van der Waals surface area (Å²) in [6, 6.07) is 2.91. The molecule has 0 saturated carbocycles. The molecule has 0 spiro atoms. The van der Waals surface area contributed by atoms with E-state index in [0.29, 0.717) is 12.2 Å². The van der Waals surface area contributed by atoms with Gasteiger partial charge in [-0.25, -0.2) is 4.79 Å². The van der Waals surface area contributed by atoms with Crippen LogP contribution in [-0.2, 0) is 9.53 Å². The van der Waals surface area contributed by atoms with Crippen LogP contribution in [0.5, 0.6) is 11.5 Å². The molecule has 2 rings (SSSR count). The van der Waals surface area contributed by atoms with E-state index < -0.39 is 11.9 Å². The van der Waals surface area contributed by atoms with Crippen molar-refractivity contribution < 1.29 is 28.9 Å². The number of rotatable bonds is 4. The molecule has 1 heterocycles. The number of carbonyl (C=O) groups excluding carboxylic acids is 1. The van der Waals surface area contributed by atoms with E-state index in [1.807, 2.05) is 0 Å². The van der Waals surface area contributed by atoms with Crippen molar-refractivity contribution in [2.45, 2.75) is 12.8 Å². The SMILES string of the molecule is COc1cc(OC)c(C2=CCCC(=O)O2)c(C(=O)O)c1. The normalized spacial score (nSPS) is 14.3. The molecule has 0 atom stereocenters. The molecule has 0 aromatic heterocycles. The van der Waals surface area contributed by atoms with Crippen molar-refractivity contribution in [1.82, 2.24) is 0 Å². The molecule has 1 N–H and O–H groups in total. The molecule has 106 valence electrons. The average molecular weight is 278 g/mol. The zero-order valence-corrected chi connectivity index (χ0v) is 11.1. The van der Waals surface area contributed by atoms with Crippen molar-refractivity contribution in [1.29, 1.82) is 0 Å². The van der Waals surface area contributed by atoms with Gasteiger partial charge in [0, 0.05) is 12.5 Å². The highest BCUT2D eigenvalue weighted by Crippen LogP contribution is 2.36. The largest absolute Gasteiger partial charge is 0.497 e. The topological polar surface area (TPSA) is 82.1 Å². The Morgan fingerprint density at radius 1 is 1.30 bits per heavy atom. The molecule has 20 heavy (non-hydrogen) atoms. The Balaban J connectivity index is 2.63. The van der Waals surface area contributed by atoms with Gasteiger partial charge in [0.25, 0.3) is 0 Å². The zero-order chi connectivity index (χ0) is 14.7. The van der Waals surface area contributed by atoms with Crippen LogP contribution in [0.1, 0.15) is 28.8 Å². The molecule has 0 saturated heterocycles. The molecule has 0 bridgehead atoms. The minimum Gasteiger partial charge on any atom is -0.497 e. The van der Waals surface area contributed by atoms with Crippen LogP contribution in [0.4, 0.5) is 0 Å². The lowest BCUT2D eigenvalue weighted by atomic mass is 10.0. The fourth-order valence-corrected chi connectivity index (χ4v) is 1.98. The van der Waals surface area contributed by atoms with Crippen LogP contribution in [0.2, 0.25) is 0 Å². The standard InChI is InChI=1S/C14H14O6/c1-18-8-6-9(14(16)17)13(11(7-8)19-2)10-4-3-5-12(15)20-10/h4,6-7H,3,5H2,1-2H3,(H,16,17). The lowest BCUT2D eigenvalue weighted by Crippen LogP contribution is -2.12. The smallest absolute Gasteiger partial charge is 0.336 e. The number of hydrogen-bond acceptors (Lipinski definition) is 5. The van der Waals surface area contributed by atoms with E-state index in [9.17, 15) is 14.7 Å². The molecule has 1 aliphatic rings. The summed E-state index contributed by atoms with van der Waals surface area (Å²) in [4.78, 5) is 22.8. The van der Waals surface area contributed by atoms with Crippen LogP contribution in [0.25, 0.3) is 5.76 Å². The number of carboxylic acids is 1. The van der Waals surface area contributed by atoms with E-state index in [1.165, 1.54) is 20.3 Å². The molecule has 0 unspecified atom stereocenters. The molecule has 1 aromatic carbocycles. The van der Waals surface area contributed by atoms with Gasteiger partial charge in [-0.05, 0) is 18.6 Å². The lowest BCUT2D eigenvalue weighted by Gasteiger charge is -2.18. The highest BCUT2D eigenvalue weighted by molar-refractivity contribution is 5.97. The molecule has 1 aromatic rings. The fraction of sp³-hybridized carbons (Fsp3) is 0.286. The Morgan fingerprint density at radius 3 is 2.60 bits per heavy atom. The summed E-state index contributed by atoms with van der Waals surface area (Å²) in [5.41, 5.74) is 0.205. The first kappa shape index (κ1) is 13.9. The Hall–Kier alpha value is -2.50. The maximum atomic E-state index is 11.4. The summed E-state index contributed by atoms with van der Waals surface area (Å²) in [7, 11) is 2.84. The third-order valence-electron chi connectivity index (χ3n) is 2.91. The number of hydrogen-bond donors (Lipinski definition) is 1. The average Bonchev–Trinajstić information content (AvgIpc) is 2.45. The molecule has 0 aliphatic carbocycles. The molecule has 6 heteroatoms. The monoisotopic (exact) mass is 278 g/mol. The predicted octanol–water partition coefficient (Wildman–Crippen LogP) is 2.08. The summed E-state index contributed by atoms with van der Waals surface area (Å²) in [6.45, 7) is 0. The van der Waals surface area contributed by atoms with Gasteiger partial charge in [0.15, 0.2) is 0 Å². The van der Waals surface area contributed by atoms with Gasteiger partial charge in [-0.15, -0.1) is 0 Å². The van der Waals surface area contributed by atoms with E-state index in [1.54, 1.807) is 12.1 Å². The summed E-state index contributed by atoms with van der Waals surface area (Å²) in [5.74, 6) is -0.706. The number of allylic oxidation sites excluding steroid dienone is 1. The van der Waals surface area contributed by atoms with Gasteiger partial charge < -0.3 is 19.3 Å². The minimum atomic E-state index is -1.15. The second kappa shape index (κ2) is 5.64. The second-order valence-electron chi connectivity index (χ2n) is 4.14. The van der Waals surface area contributed by atoms with Crippen LogP contribution in [0.3, 0.4) is 0 Å². The summed E-state index contributed by atoms with van der Waals surface area (Å²) in [5, 5.41) is 9.32. The van der Waals surface area contributed by atoms with Gasteiger partial charge in [-0.2, -0.15) is 0 Å². The van der Waals surface area contributed by atoms with Gasteiger partial charge >= 0.3 is 11.9 Å². The minimum absolute atomic E-state index is 0.0397. The van der Waals surface area contributed by atoms with Gasteiger partial charge in [-0.3, -0.25) is 4.79 Å². The summed E-state index contributed by atoms with van der Waals surface area (Å²) in [6.07, 6.45) is 2.46. The summed E-state index contributed by atoms with van der Waals surface area (Å²) >= 11 is 0. The lowest BCUT2D eigenvalue weighted by molar-refractivity contribution is -0.137. The van der Waals surface area contributed by atoms with Gasteiger partial charge in [-0.1, -0.05) is 0 Å². The number of carboxylic acid groups (broad SMARTS) is 1. The molecule has 0 amide bonds. The Bertz CT molecular complexity index is 588. The third kappa shape index (κ3) is 2.59. The number of ether oxygens (including phenoxy) is 3. The van der Waals surface area contributed by atoms with E-state index in [4.69, 9.17) is 14.2 Å². The number of carbonyl (C=O) groups is 2. The molecule has 0 fully saturated rings. The maximum absolute atomic E-state index is 11.4. The number of benzene rings is 1. The molecule has 1 aliphatic heterocycles. The zero-order valence-electron chi connectivity index (χ0n) is 11.1. The predicted molar refractivity (Wildman–Crippen MR) is 69.8 cm³/mol. The number of cyclic esters (lactones) is 1. The Labute approximate surface area is 115 Å². The van der Waals surface area contributed by atoms with Crippen molar-refractivity contribution >= 4 is 17.7 Å². The van der Waals surface area contributed by atoms with Crippen molar-refractivity contribution in [3.63, 3.8) is 0 Å². The number of aromatic carboxylic acids is 1. The van der Waals surface area contributed by atoms with Crippen LogP contribution in [0.15, 0.2) is 18.2 Å². The fourth-order valence-electron chi connectivity index (χ4n) is 1.98. The van der Waals surface area contributed by atoms with Crippen molar-refractivity contribution in [3.05, 3.63) is 29.3 Å². The first-order chi connectivity index (χ1) is 9.56. The highest BCUT2D eigenvalue weighted by Gasteiger charge is 2.25. The highest BCUT2D eigenvalue weighted by atomic mass is 16.5. The van der Waals surface area contributed by atoms with Crippen LogP contribution < -0.4 is 9.47 Å². The van der Waals surface area contributed by atoms with E-state index in [0.717, 1.165) is 0 Å². The quantitative estimate of drug-likeness (QED) is 0.849. The Kier molecular flexibility index (Phi) is 3.93. The van der Waals surface area contributed by atoms with E-state index in [-0.39, 0.29) is 29.1 Å². The summed E-state index contributed by atoms with van der Waals surface area (Å²) < 4.78 is 15.3. The number of methoxy groups -OCH3 is 2. The van der Waals surface area contributed by atoms with E-state index >= 15 is 0 Å². The van der Waals surface area contributed by atoms with Gasteiger partial charge in [0.1, 0.15) is 17.3 Å². The molecule has 6 nitrogen and oxygen atoms in total. The second-order valence-corrected chi connectivity index (χ2v) is 4.14. The van der Waals surface area contributed by atoms with Gasteiger partial charge in [0.2, 0.25) is 0 Å². The number of esters is 1. The molecule has 0 radical (unpaired) electrons. The van der Waals surface area contributed by atoms with Crippen LogP contribution in [0, 0.1) is 0 Å². The molecular formula is C14H14O6. The van der Waals surface area contributed by atoms with Crippen molar-refractivity contribution in [2.75, 3.05) is 14.2 Å². The van der Waals surface area contributed by atoms with Crippen LogP contribution in [-0.4, -0.2) is 31.3 Å². The first-order valence-corrected chi connectivity index (χ1v) is 5.97. The van der Waals surface area contributed by atoms with Crippen LogP contribution >= 0.6 is 0 Å². The van der Waals surface area contributed by atoms with Crippen molar-refractivity contribution in [2.24, 2.45) is 0 Å².